The number of aromatic nitrogens is 2. The highest BCUT2D eigenvalue weighted by atomic mass is 16.5. The number of methoxy groups -OCH3 is 2. The van der Waals surface area contributed by atoms with Crippen LogP contribution >= 0.6 is 0 Å². The molecule has 168 valence electrons. The van der Waals surface area contributed by atoms with E-state index in [0.717, 1.165) is 45.4 Å². The van der Waals surface area contributed by atoms with Crippen molar-refractivity contribution in [2.45, 2.75) is 6.54 Å². The van der Waals surface area contributed by atoms with E-state index in [4.69, 9.17) is 14.5 Å². The molecule has 1 aromatic heterocycles. The first-order chi connectivity index (χ1) is 16.8. The molecule has 0 N–H and O–H groups in total. The summed E-state index contributed by atoms with van der Waals surface area (Å²) in [4.78, 5) is 5.21. The molecule has 0 unspecified atom stereocenters. The van der Waals surface area contributed by atoms with E-state index < -0.39 is 0 Å². The fourth-order valence-corrected chi connectivity index (χ4v) is 4.17. The molecule has 0 fully saturated rings. The van der Waals surface area contributed by atoms with E-state index in [1.807, 2.05) is 36.4 Å². The Morgan fingerprint density at radius 3 is 1.68 bits per heavy atom. The summed E-state index contributed by atoms with van der Waals surface area (Å²) < 4.78 is 13.0. The van der Waals surface area contributed by atoms with Crippen molar-refractivity contribution in [3.05, 3.63) is 115 Å². The molecule has 0 bridgehead atoms. The molecular formula is C30H26N2O2. The lowest BCUT2D eigenvalue weighted by Gasteiger charge is -2.14. The summed E-state index contributed by atoms with van der Waals surface area (Å²) >= 11 is 0. The van der Waals surface area contributed by atoms with E-state index in [2.05, 4.69) is 77.4 Å². The Bertz CT molecular complexity index is 1360. The summed E-state index contributed by atoms with van der Waals surface area (Å²) in [6.07, 6.45) is 0. The molecule has 0 aliphatic carbocycles. The van der Waals surface area contributed by atoms with E-state index in [0.29, 0.717) is 6.54 Å². The maximum absolute atomic E-state index is 5.38. The van der Waals surface area contributed by atoms with Crippen LogP contribution in [0.4, 0.5) is 0 Å². The normalized spacial score (nSPS) is 10.8. The van der Waals surface area contributed by atoms with Gasteiger partial charge in [-0.05, 0) is 42.0 Å². The van der Waals surface area contributed by atoms with Crippen LogP contribution in [-0.2, 0) is 6.54 Å². The molecule has 0 amide bonds. The topological polar surface area (TPSA) is 36.3 Å². The maximum Gasteiger partial charge on any atom is 0.141 e. The summed E-state index contributed by atoms with van der Waals surface area (Å²) in [5, 5.41) is 0. The average Bonchev–Trinajstić information content (AvgIpc) is 3.29. The predicted molar refractivity (Wildman–Crippen MR) is 137 cm³/mol. The molecule has 0 atom stereocenters. The third-order valence-electron chi connectivity index (χ3n) is 5.91. The molecule has 0 aliphatic heterocycles. The fourth-order valence-electron chi connectivity index (χ4n) is 4.17. The van der Waals surface area contributed by atoms with Gasteiger partial charge in [0.2, 0.25) is 0 Å². The fraction of sp³-hybridized carbons (Fsp3) is 0.100. The second-order valence-electron chi connectivity index (χ2n) is 8.03. The standard InChI is InChI=1S/C30H26N2O2/c1-33-26-17-13-22(14-18-26)21-32-29(24-11-7-4-8-12-24)28(23-9-5-3-6-10-23)31-30(32)25-15-19-27(34-2)20-16-25/h3-20H,21H2,1-2H3. The third-order valence-corrected chi connectivity index (χ3v) is 5.91. The van der Waals surface area contributed by atoms with Crippen LogP contribution in [0.2, 0.25) is 0 Å². The molecule has 4 heteroatoms. The van der Waals surface area contributed by atoms with Crippen LogP contribution in [0.15, 0.2) is 109 Å². The summed E-state index contributed by atoms with van der Waals surface area (Å²) in [5.74, 6) is 2.58. The summed E-state index contributed by atoms with van der Waals surface area (Å²) in [6.45, 7) is 0.676. The molecule has 0 radical (unpaired) electrons. The van der Waals surface area contributed by atoms with Gasteiger partial charge in [-0.1, -0.05) is 72.8 Å². The lowest BCUT2D eigenvalue weighted by Crippen LogP contribution is -2.04. The Kier molecular flexibility index (Phi) is 6.13. The molecule has 4 nitrogen and oxygen atoms in total. The van der Waals surface area contributed by atoms with Crippen LogP contribution in [0.25, 0.3) is 33.9 Å². The van der Waals surface area contributed by atoms with Gasteiger partial charge in [-0.2, -0.15) is 0 Å². The lowest BCUT2D eigenvalue weighted by molar-refractivity contribution is 0.414. The lowest BCUT2D eigenvalue weighted by atomic mass is 10.0. The van der Waals surface area contributed by atoms with Crippen LogP contribution in [0.5, 0.6) is 11.5 Å². The van der Waals surface area contributed by atoms with Gasteiger partial charge < -0.3 is 14.0 Å². The first kappa shape index (κ1) is 21.5. The minimum absolute atomic E-state index is 0.676. The molecule has 0 aliphatic rings. The van der Waals surface area contributed by atoms with Gasteiger partial charge in [0.1, 0.15) is 17.3 Å². The number of ether oxygens (including phenoxy) is 2. The highest BCUT2D eigenvalue weighted by molar-refractivity contribution is 5.82. The van der Waals surface area contributed by atoms with Crippen molar-refractivity contribution < 1.29 is 9.47 Å². The van der Waals surface area contributed by atoms with Crippen LogP contribution < -0.4 is 9.47 Å². The second kappa shape index (κ2) is 9.67. The van der Waals surface area contributed by atoms with Gasteiger partial charge >= 0.3 is 0 Å². The number of nitrogens with zero attached hydrogens (tertiary/aromatic N) is 2. The van der Waals surface area contributed by atoms with Crippen LogP contribution in [0.3, 0.4) is 0 Å². The van der Waals surface area contributed by atoms with E-state index in [9.17, 15) is 0 Å². The van der Waals surface area contributed by atoms with Gasteiger partial charge in [0.05, 0.1) is 25.6 Å². The average molecular weight is 447 g/mol. The minimum Gasteiger partial charge on any atom is -0.497 e. The Hall–Kier alpha value is -4.31. The number of hydrogen-bond donors (Lipinski definition) is 0. The Labute approximate surface area is 200 Å². The number of rotatable bonds is 7. The summed E-state index contributed by atoms with van der Waals surface area (Å²) in [7, 11) is 3.37. The number of benzene rings is 4. The first-order valence-electron chi connectivity index (χ1n) is 11.3. The van der Waals surface area contributed by atoms with Gasteiger partial charge in [0.15, 0.2) is 0 Å². The van der Waals surface area contributed by atoms with Crippen molar-refractivity contribution in [2.75, 3.05) is 14.2 Å². The quantitative estimate of drug-likeness (QED) is 0.271. The molecule has 5 aromatic rings. The zero-order valence-corrected chi connectivity index (χ0v) is 19.3. The van der Waals surface area contributed by atoms with Crippen molar-refractivity contribution in [1.29, 1.82) is 0 Å². The van der Waals surface area contributed by atoms with Gasteiger partial charge in [0, 0.05) is 23.2 Å². The Morgan fingerprint density at radius 2 is 1.12 bits per heavy atom. The molecule has 5 rings (SSSR count). The zero-order valence-electron chi connectivity index (χ0n) is 19.3. The van der Waals surface area contributed by atoms with E-state index in [1.54, 1.807) is 14.2 Å². The van der Waals surface area contributed by atoms with Gasteiger partial charge in [0.25, 0.3) is 0 Å². The van der Waals surface area contributed by atoms with Crippen LogP contribution in [-0.4, -0.2) is 23.8 Å². The van der Waals surface area contributed by atoms with Gasteiger partial charge in [-0.25, -0.2) is 4.98 Å². The SMILES string of the molecule is COc1ccc(Cn2c(-c3ccc(OC)cc3)nc(-c3ccccc3)c2-c2ccccc2)cc1. The summed E-state index contributed by atoms with van der Waals surface area (Å²) in [6, 6.07) is 37.1. The van der Waals surface area contributed by atoms with Gasteiger partial charge in [-0.3, -0.25) is 0 Å². The van der Waals surface area contributed by atoms with Gasteiger partial charge in [-0.15, -0.1) is 0 Å². The third kappa shape index (κ3) is 4.30. The minimum atomic E-state index is 0.676. The van der Waals surface area contributed by atoms with E-state index >= 15 is 0 Å². The highest BCUT2D eigenvalue weighted by Crippen LogP contribution is 2.37. The Morgan fingerprint density at radius 1 is 0.588 bits per heavy atom. The van der Waals surface area contributed by atoms with Crippen molar-refractivity contribution in [3.63, 3.8) is 0 Å². The largest absolute Gasteiger partial charge is 0.497 e. The zero-order chi connectivity index (χ0) is 23.3. The number of imidazole rings is 1. The van der Waals surface area contributed by atoms with Crippen LogP contribution in [0, 0.1) is 0 Å². The highest BCUT2D eigenvalue weighted by Gasteiger charge is 2.21. The van der Waals surface area contributed by atoms with E-state index in [-0.39, 0.29) is 0 Å². The first-order valence-corrected chi connectivity index (χ1v) is 11.3. The monoisotopic (exact) mass is 446 g/mol. The van der Waals surface area contributed by atoms with Crippen LogP contribution in [0.1, 0.15) is 5.56 Å². The van der Waals surface area contributed by atoms with E-state index in [1.165, 1.54) is 5.56 Å². The number of hydrogen-bond acceptors (Lipinski definition) is 3. The molecule has 0 saturated heterocycles. The Balaban J connectivity index is 1.74. The van der Waals surface area contributed by atoms with Crippen molar-refractivity contribution in [1.82, 2.24) is 9.55 Å². The molecule has 0 saturated carbocycles. The summed E-state index contributed by atoms with van der Waals surface area (Å²) in [5.41, 5.74) is 6.48. The van der Waals surface area contributed by atoms with Crippen molar-refractivity contribution in [3.8, 4) is 45.4 Å². The maximum atomic E-state index is 5.38. The molecule has 34 heavy (non-hydrogen) atoms. The molecule has 0 spiro atoms. The molecule has 1 heterocycles. The smallest absolute Gasteiger partial charge is 0.141 e. The molecular weight excluding hydrogens is 420 g/mol. The second-order valence-corrected chi connectivity index (χ2v) is 8.03. The van der Waals surface area contributed by atoms with Crippen molar-refractivity contribution >= 4 is 0 Å². The predicted octanol–water partition coefficient (Wildman–Crippen LogP) is 6.95. The van der Waals surface area contributed by atoms with Crippen molar-refractivity contribution in [2.24, 2.45) is 0 Å². The molecule has 4 aromatic carbocycles.